The van der Waals surface area contributed by atoms with E-state index in [-0.39, 0.29) is 11.6 Å². The lowest BCUT2D eigenvalue weighted by molar-refractivity contribution is -0.0228. The van der Waals surface area contributed by atoms with Crippen LogP contribution in [0.2, 0.25) is 0 Å². The summed E-state index contributed by atoms with van der Waals surface area (Å²) in [6.07, 6.45) is 5.43. The van der Waals surface area contributed by atoms with Crippen LogP contribution in [0.1, 0.15) is 45.1 Å². The second kappa shape index (κ2) is 6.53. The average Bonchev–Trinajstić information content (AvgIpc) is 2.46. The van der Waals surface area contributed by atoms with Gasteiger partial charge in [0.2, 0.25) is 0 Å². The number of aliphatic hydroxyl groups is 1. The van der Waals surface area contributed by atoms with Gasteiger partial charge in [-0.3, -0.25) is 4.90 Å². The maximum absolute atomic E-state index is 10.5. The maximum Gasteiger partial charge on any atom is 0.0721 e. The minimum absolute atomic E-state index is 0.102. The van der Waals surface area contributed by atoms with Crippen LogP contribution >= 0.6 is 0 Å². The van der Waals surface area contributed by atoms with Gasteiger partial charge < -0.3 is 5.11 Å². The van der Waals surface area contributed by atoms with Crippen molar-refractivity contribution in [2.24, 2.45) is 0 Å². The SMILES string of the molecule is CC(C)(C(O)CCc1ccccc1)N1CCCCC1. The predicted molar refractivity (Wildman–Crippen MR) is 80.3 cm³/mol. The molecule has 0 spiro atoms. The smallest absolute Gasteiger partial charge is 0.0721 e. The fraction of sp³-hybridized carbons (Fsp3) is 0.647. The Morgan fingerprint density at radius 1 is 1.11 bits per heavy atom. The summed E-state index contributed by atoms with van der Waals surface area (Å²) < 4.78 is 0. The first kappa shape index (κ1) is 14.5. The molecule has 0 saturated carbocycles. The first-order chi connectivity index (χ1) is 9.10. The molecule has 1 aromatic carbocycles. The van der Waals surface area contributed by atoms with Gasteiger partial charge in [-0.1, -0.05) is 36.8 Å². The Hall–Kier alpha value is -0.860. The first-order valence-corrected chi connectivity index (χ1v) is 7.58. The molecule has 0 amide bonds. The van der Waals surface area contributed by atoms with Crippen molar-refractivity contribution >= 4 is 0 Å². The molecule has 1 N–H and O–H groups in total. The molecular weight excluding hydrogens is 234 g/mol. The molecule has 2 nitrogen and oxygen atoms in total. The number of hydrogen-bond donors (Lipinski definition) is 1. The van der Waals surface area contributed by atoms with Crippen molar-refractivity contribution in [1.29, 1.82) is 0 Å². The minimum Gasteiger partial charge on any atom is -0.391 e. The molecule has 2 heteroatoms. The van der Waals surface area contributed by atoms with Crippen molar-refractivity contribution in [2.75, 3.05) is 13.1 Å². The van der Waals surface area contributed by atoms with Crippen molar-refractivity contribution in [3.8, 4) is 0 Å². The number of rotatable bonds is 5. The van der Waals surface area contributed by atoms with E-state index in [9.17, 15) is 5.11 Å². The average molecular weight is 261 g/mol. The minimum atomic E-state index is -0.259. The van der Waals surface area contributed by atoms with Crippen LogP contribution in [0.15, 0.2) is 30.3 Å². The number of hydrogen-bond acceptors (Lipinski definition) is 2. The van der Waals surface area contributed by atoms with Crippen LogP contribution in [0.25, 0.3) is 0 Å². The van der Waals surface area contributed by atoms with Gasteiger partial charge in [0.05, 0.1) is 6.10 Å². The van der Waals surface area contributed by atoms with Gasteiger partial charge in [-0.2, -0.15) is 0 Å². The molecule has 1 saturated heterocycles. The highest BCUT2D eigenvalue weighted by Crippen LogP contribution is 2.26. The van der Waals surface area contributed by atoms with Crippen molar-refractivity contribution in [3.05, 3.63) is 35.9 Å². The van der Waals surface area contributed by atoms with Gasteiger partial charge >= 0.3 is 0 Å². The lowest BCUT2D eigenvalue weighted by atomic mass is 9.88. The topological polar surface area (TPSA) is 23.5 Å². The number of nitrogens with zero attached hydrogens (tertiary/aromatic N) is 1. The molecule has 1 aliphatic heterocycles. The monoisotopic (exact) mass is 261 g/mol. The van der Waals surface area contributed by atoms with E-state index in [1.807, 2.05) is 6.07 Å². The van der Waals surface area contributed by atoms with E-state index in [2.05, 4.69) is 43.0 Å². The van der Waals surface area contributed by atoms with Gasteiger partial charge in [0, 0.05) is 5.54 Å². The Labute approximate surface area is 117 Å². The Bertz CT molecular complexity index is 368. The molecule has 0 aromatic heterocycles. The normalized spacial score (nSPS) is 19.3. The van der Waals surface area contributed by atoms with Crippen LogP contribution in [0.5, 0.6) is 0 Å². The third kappa shape index (κ3) is 3.80. The van der Waals surface area contributed by atoms with E-state index in [4.69, 9.17) is 0 Å². The summed E-state index contributed by atoms with van der Waals surface area (Å²) in [4.78, 5) is 2.46. The quantitative estimate of drug-likeness (QED) is 0.879. The molecule has 1 aliphatic rings. The predicted octanol–water partition coefficient (Wildman–Crippen LogP) is 3.24. The Morgan fingerprint density at radius 3 is 2.37 bits per heavy atom. The third-order valence-corrected chi connectivity index (χ3v) is 4.54. The van der Waals surface area contributed by atoms with Gasteiger partial charge in [0.25, 0.3) is 0 Å². The van der Waals surface area contributed by atoms with E-state index in [1.165, 1.54) is 24.8 Å². The molecule has 1 heterocycles. The summed E-state index contributed by atoms with van der Waals surface area (Å²) in [5, 5.41) is 10.5. The summed E-state index contributed by atoms with van der Waals surface area (Å²) in [5.41, 5.74) is 1.21. The number of benzene rings is 1. The lowest BCUT2D eigenvalue weighted by Gasteiger charge is -2.44. The van der Waals surface area contributed by atoms with Crippen molar-refractivity contribution < 1.29 is 5.11 Å². The van der Waals surface area contributed by atoms with E-state index < -0.39 is 0 Å². The summed E-state index contributed by atoms with van der Waals surface area (Å²) >= 11 is 0. The van der Waals surface area contributed by atoms with Gasteiger partial charge in [-0.05, 0) is 58.2 Å². The van der Waals surface area contributed by atoms with Gasteiger partial charge in [0.1, 0.15) is 0 Å². The standard InChI is InChI=1S/C17H27NO/c1-17(2,18-13-7-4-8-14-18)16(19)12-11-15-9-5-3-6-10-15/h3,5-6,9-10,16,19H,4,7-8,11-14H2,1-2H3. The Kier molecular flexibility index (Phi) is 5.00. The van der Waals surface area contributed by atoms with E-state index in [1.54, 1.807) is 0 Å². The third-order valence-electron chi connectivity index (χ3n) is 4.54. The number of aryl methyl sites for hydroxylation is 1. The maximum atomic E-state index is 10.5. The van der Waals surface area contributed by atoms with Crippen LogP contribution in [-0.4, -0.2) is 34.7 Å². The number of piperidine rings is 1. The zero-order valence-corrected chi connectivity index (χ0v) is 12.3. The van der Waals surface area contributed by atoms with Gasteiger partial charge in [-0.25, -0.2) is 0 Å². The van der Waals surface area contributed by atoms with Crippen LogP contribution in [0.3, 0.4) is 0 Å². The molecule has 106 valence electrons. The molecule has 1 atom stereocenters. The first-order valence-electron chi connectivity index (χ1n) is 7.58. The largest absolute Gasteiger partial charge is 0.391 e. The zero-order valence-electron chi connectivity index (χ0n) is 12.3. The van der Waals surface area contributed by atoms with Gasteiger partial charge in [0.15, 0.2) is 0 Å². The summed E-state index contributed by atoms with van der Waals surface area (Å²) in [6.45, 7) is 6.65. The zero-order chi connectivity index (χ0) is 13.7. The number of aliphatic hydroxyl groups excluding tert-OH is 1. The second-order valence-electron chi connectivity index (χ2n) is 6.24. The van der Waals surface area contributed by atoms with E-state index in [0.717, 1.165) is 25.9 Å². The highest BCUT2D eigenvalue weighted by molar-refractivity contribution is 5.15. The van der Waals surface area contributed by atoms with Crippen molar-refractivity contribution in [3.63, 3.8) is 0 Å². The summed E-state index contributed by atoms with van der Waals surface area (Å²) in [7, 11) is 0. The van der Waals surface area contributed by atoms with Crippen LogP contribution < -0.4 is 0 Å². The molecular formula is C17H27NO. The molecule has 0 radical (unpaired) electrons. The number of likely N-dealkylation sites (tertiary alicyclic amines) is 1. The Balaban J connectivity index is 1.88. The fourth-order valence-corrected chi connectivity index (χ4v) is 2.98. The van der Waals surface area contributed by atoms with E-state index in [0.29, 0.717) is 0 Å². The molecule has 1 fully saturated rings. The molecule has 1 aromatic rings. The van der Waals surface area contributed by atoms with Crippen molar-refractivity contribution in [1.82, 2.24) is 4.90 Å². The highest BCUT2D eigenvalue weighted by atomic mass is 16.3. The van der Waals surface area contributed by atoms with Crippen LogP contribution in [0.4, 0.5) is 0 Å². The fourth-order valence-electron chi connectivity index (χ4n) is 2.98. The van der Waals surface area contributed by atoms with E-state index >= 15 is 0 Å². The summed E-state index contributed by atoms with van der Waals surface area (Å²) in [6, 6.07) is 10.5. The van der Waals surface area contributed by atoms with Crippen molar-refractivity contribution in [2.45, 2.75) is 57.6 Å². The molecule has 19 heavy (non-hydrogen) atoms. The second-order valence-corrected chi connectivity index (χ2v) is 6.24. The lowest BCUT2D eigenvalue weighted by Crippen LogP contribution is -2.54. The molecule has 1 unspecified atom stereocenters. The molecule has 0 bridgehead atoms. The molecule has 2 rings (SSSR count). The van der Waals surface area contributed by atoms with Crippen LogP contribution in [0, 0.1) is 0 Å². The Morgan fingerprint density at radius 2 is 1.74 bits per heavy atom. The molecule has 0 aliphatic carbocycles. The summed E-state index contributed by atoms with van der Waals surface area (Å²) in [5.74, 6) is 0. The highest BCUT2D eigenvalue weighted by Gasteiger charge is 2.34. The van der Waals surface area contributed by atoms with Crippen LogP contribution in [-0.2, 0) is 6.42 Å². The van der Waals surface area contributed by atoms with Gasteiger partial charge in [-0.15, -0.1) is 0 Å².